The molecule has 0 atom stereocenters. The topological polar surface area (TPSA) is 91.5 Å². The molecule has 222 valence electrons. The summed E-state index contributed by atoms with van der Waals surface area (Å²) in [7, 11) is -0.0791. The fourth-order valence-corrected chi connectivity index (χ4v) is 6.88. The quantitative estimate of drug-likeness (QED) is 0.276. The van der Waals surface area contributed by atoms with E-state index < -0.39 is 9.73 Å². The fraction of sp³-hybridized carbons (Fsp3) is 0.469. The second kappa shape index (κ2) is 11.6. The van der Waals surface area contributed by atoms with Crippen LogP contribution in [0.15, 0.2) is 59.1 Å². The van der Waals surface area contributed by atoms with E-state index in [0.29, 0.717) is 23.0 Å². The van der Waals surface area contributed by atoms with Crippen LogP contribution in [0.4, 0.5) is 23.1 Å². The lowest BCUT2D eigenvalue weighted by molar-refractivity contribution is 0.0945. The van der Waals surface area contributed by atoms with Gasteiger partial charge in [-0.1, -0.05) is 19.4 Å². The first kappa shape index (κ1) is 28.6. The van der Waals surface area contributed by atoms with Gasteiger partial charge in [-0.2, -0.15) is 9.35 Å². The molecule has 0 unspecified atom stereocenters. The summed E-state index contributed by atoms with van der Waals surface area (Å²) in [6.07, 6.45) is 12.2. The lowest BCUT2D eigenvalue weighted by Crippen LogP contribution is -2.46. The Balaban J connectivity index is 1.21. The molecule has 0 saturated carbocycles. The van der Waals surface area contributed by atoms with Crippen LogP contribution in [-0.2, 0) is 16.1 Å². The summed E-state index contributed by atoms with van der Waals surface area (Å²) in [6.45, 7) is 6.88. The minimum absolute atomic E-state index is 0.453. The Bertz CT molecular complexity index is 1660. The summed E-state index contributed by atoms with van der Waals surface area (Å²) in [5.74, 6) is 1.69. The summed E-state index contributed by atoms with van der Waals surface area (Å²) >= 11 is 0. The van der Waals surface area contributed by atoms with Gasteiger partial charge in [0.2, 0.25) is 5.95 Å². The third-order valence-corrected chi connectivity index (χ3v) is 9.37. The third-order valence-electron chi connectivity index (χ3n) is 8.75. The van der Waals surface area contributed by atoms with E-state index in [1.165, 1.54) is 44.5 Å². The van der Waals surface area contributed by atoms with E-state index >= 15 is 0 Å². The van der Waals surface area contributed by atoms with Gasteiger partial charge in [0.15, 0.2) is 11.5 Å². The number of anilines is 3. The van der Waals surface area contributed by atoms with Crippen molar-refractivity contribution in [2.24, 2.45) is 9.78 Å². The summed E-state index contributed by atoms with van der Waals surface area (Å²) in [4.78, 5) is 19.3. The zero-order chi connectivity index (χ0) is 29.3. The van der Waals surface area contributed by atoms with Crippen molar-refractivity contribution in [1.82, 2.24) is 24.4 Å². The summed E-state index contributed by atoms with van der Waals surface area (Å²) in [6, 6.07) is 16.4. The van der Waals surface area contributed by atoms with Crippen molar-refractivity contribution in [2.75, 3.05) is 56.0 Å². The second-order valence-corrected chi connectivity index (χ2v) is 14.8. The fourth-order valence-electron chi connectivity index (χ4n) is 6.33. The van der Waals surface area contributed by atoms with Gasteiger partial charge >= 0.3 is 0 Å². The minimum atomic E-state index is -2.32. The monoisotopic (exact) mass is 586 g/mol. The first-order valence-corrected chi connectivity index (χ1v) is 17.4. The Morgan fingerprint density at radius 1 is 0.976 bits per heavy atom. The van der Waals surface area contributed by atoms with Gasteiger partial charge in [-0.25, -0.2) is 14.2 Å². The highest BCUT2D eigenvalue weighted by Crippen LogP contribution is 2.42. The second-order valence-electron chi connectivity index (χ2n) is 12.3. The molecule has 6 rings (SSSR count). The molecule has 5 heterocycles. The Labute approximate surface area is 249 Å². The molecular formula is C32H42N8OS. The van der Waals surface area contributed by atoms with Crippen molar-refractivity contribution in [1.29, 1.82) is 0 Å². The molecule has 0 radical (unpaired) electrons. The molecule has 42 heavy (non-hydrogen) atoms. The number of fused-ring (bicyclic) bond motifs is 1. The molecule has 0 bridgehead atoms. The van der Waals surface area contributed by atoms with Gasteiger partial charge in [0, 0.05) is 64.0 Å². The number of hydrogen-bond acceptors (Lipinski definition) is 8. The average Bonchev–Trinajstić information content (AvgIpc) is 3.32. The number of benzene rings is 1. The van der Waals surface area contributed by atoms with Crippen molar-refractivity contribution in [3.05, 3.63) is 60.4 Å². The molecule has 4 aromatic rings. The van der Waals surface area contributed by atoms with Crippen LogP contribution in [0.1, 0.15) is 44.7 Å². The smallest absolute Gasteiger partial charge is 0.229 e. The predicted octanol–water partition coefficient (Wildman–Crippen LogP) is 6.18. The molecule has 1 spiro atoms. The van der Waals surface area contributed by atoms with Crippen LogP contribution in [0.2, 0.25) is 0 Å². The molecule has 0 aliphatic carbocycles. The maximum absolute atomic E-state index is 12.3. The van der Waals surface area contributed by atoms with Crippen molar-refractivity contribution in [3.8, 4) is 5.82 Å². The van der Waals surface area contributed by atoms with E-state index in [9.17, 15) is 4.21 Å². The van der Waals surface area contributed by atoms with E-state index in [4.69, 9.17) is 9.97 Å². The lowest BCUT2D eigenvalue weighted by Gasteiger charge is -2.46. The van der Waals surface area contributed by atoms with E-state index in [0.717, 1.165) is 48.3 Å². The van der Waals surface area contributed by atoms with E-state index in [2.05, 4.69) is 73.3 Å². The van der Waals surface area contributed by atoms with Crippen molar-refractivity contribution in [3.63, 3.8) is 0 Å². The van der Waals surface area contributed by atoms with Crippen LogP contribution in [-0.4, -0.2) is 74.4 Å². The number of rotatable bonds is 7. The molecule has 2 aliphatic heterocycles. The average molecular weight is 587 g/mol. The van der Waals surface area contributed by atoms with Gasteiger partial charge in [-0.15, -0.1) is 0 Å². The van der Waals surface area contributed by atoms with Gasteiger partial charge in [0.25, 0.3) is 0 Å². The zero-order valence-electron chi connectivity index (χ0n) is 25.2. The summed E-state index contributed by atoms with van der Waals surface area (Å²) in [5, 5.41) is 4.35. The van der Waals surface area contributed by atoms with Crippen LogP contribution in [0.25, 0.3) is 16.9 Å². The van der Waals surface area contributed by atoms with Gasteiger partial charge in [0.1, 0.15) is 5.82 Å². The molecule has 2 aliphatic rings. The van der Waals surface area contributed by atoms with Crippen LogP contribution < -0.4 is 10.2 Å². The molecule has 10 heteroatoms. The van der Waals surface area contributed by atoms with Gasteiger partial charge < -0.3 is 15.1 Å². The van der Waals surface area contributed by atoms with Crippen LogP contribution in [0.5, 0.6) is 0 Å². The largest absolute Gasteiger partial charge is 0.371 e. The highest BCUT2D eigenvalue weighted by molar-refractivity contribution is 7.92. The predicted molar refractivity (Wildman–Crippen MR) is 173 cm³/mol. The van der Waals surface area contributed by atoms with Crippen molar-refractivity contribution >= 4 is 43.9 Å². The molecular weight excluding hydrogens is 544 g/mol. The molecule has 1 aromatic carbocycles. The molecule has 9 nitrogen and oxygen atoms in total. The van der Waals surface area contributed by atoms with Gasteiger partial charge in [0.05, 0.1) is 0 Å². The van der Waals surface area contributed by atoms with E-state index in [-0.39, 0.29) is 0 Å². The van der Waals surface area contributed by atoms with Crippen LogP contribution in [0, 0.1) is 5.41 Å². The number of nitrogens with zero attached hydrogens (tertiary/aromatic N) is 7. The van der Waals surface area contributed by atoms with E-state index in [1.54, 1.807) is 18.6 Å². The highest BCUT2D eigenvalue weighted by Gasteiger charge is 2.36. The Morgan fingerprint density at radius 2 is 1.69 bits per heavy atom. The van der Waals surface area contributed by atoms with Crippen LogP contribution in [0.3, 0.4) is 0 Å². The summed E-state index contributed by atoms with van der Waals surface area (Å²) in [5.41, 5.74) is 4.66. The number of hydrogen-bond donors (Lipinski definition) is 1. The first-order chi connectivity index (χ1) is 20.2. The van der Waals surface area contributed by atoms with Gasteiger partial charge in [-0.3, -0.25) is 4.57 Å². The number of piperidine rings is 2. The Morgan fingerprint density at radius 3 is 2.38 bits per heavy atom. The maximum Gasteiger partial charge on any atom is 0.229 e. The number of likely N-dealkylation sites (tertiary alicyclic amines) is 1. The molecule has 2 fully saturated rings. The molecule has 0 amide bonds. The Hall–Kier alpha value is -3.50. The first-order valence-electron chi connectivity index (χ1n) is 15.0. The lowest BCUT2D eigenvalue weighted by atomic mass is 9.71. The number of aryl methyl sites for hydroxylation is 1. The number of aromatic nitrogens is 4. The molecule has 2 saturated heterocycles. The normalized spacial score (nSPS) is 17.6. The van der Waals surface area contributed by atoms with E-state index in [1.807, 2.05) is 18.3 Å². The van der Waals surface area contributed by atoms with Crippen molar-refractivity contribution in [2.45, 2.75) is 45.4 Å². The Kier molecular flexibility index (Phi) is 7.93. The summed E-state index contributed by atoms with van der Waals surface area (Å²) < 4.78 is 18.7. The van der Waals surface area contributed by atoms with Crippen molar-refractivity contribution < 1.29 is 4.21 Å². The SMILES string of the molecule is CCCc1cc2cnc(Nc3ccc(N4CCC5(CCN(C)CC5)CC4)cc3)nc2n1-c1cccc(N=S(C)(C)=O)n1. The van der Waals surface area contributed by atoms with Gasteiger partial charge in [-0.05, 0) is 100 Å². The molecule has 1 N–H and O–H groups in total. The van der Waals surface area contributed by atoms with Crippen LogP contribution >= 0.6 is 0 Å². The third kappa shape index (κ3) is 6.29. The maximum atomic E-state index is 12.3. The standard InChI is InChI=1S/C32H42N8OS/c1-5-7-27-22-24-23-33-31(36-30(24)40(27)29-9-6-8-28(35-29)37-42(3,4)41)34-25-10-12-26(13-11-25)39-20-16-32(17-21-39)14-18-38(2)19-15-32/h6,8-13,22-23H,5,7,14-21H2,1-4H3,(H,33,34,36). The zero-order valence-corrected chi connectivity index (χ0v) is 26.0. The molecule has 3 aromatic heterocycles. The number of nitrogens with one attached hydrogen (secondary N) is 1. The number of pyridine rings is 1. The minimum Gasteiger partial charge on any atom is -0.371 e. The highest BCUT2D eigenvalue weighted by atomic mass is 32.2.